The van der Waals surface area contributed by atoms with Crippen LogP contribution in [0.4, 0.5) is 26.3 Å². The van der Waals surface area contributed by atoms with Crippen LogP contribution in [0.2, 0.25) is 5.54 Å². The summed E-state index contributed by atoms with van der Waals surface area (Å²) in [6, 6.07) is 0. The van der Waals surface area contributed by atoms with Gasteiger partial charge < -0.3 is 13.3 Å². The van der Waals surface area contributed by atoms with Crippen LogP contribution in [0.1, 0.15) is 39.5 Å². The van der Waals surface area contributed by atoms with Gasteiger partial charge in [0.05, 0.1) is 0 Å². The van der Waals surface area contributed by atoms with E-state index < -0.39 is 44.6 Å². The SMILES string of the molecule is CCO[Si]1(OCC)OC(C(F)(F)F)(C(F)(F)F)CC2C[C@@H]3CC1[C@H]2C3. The highest BCUT2D eigenvalue weighted by Crippen LogP contribution is 2.66. The topological polar surface area (TPSA) is 27.7 Å². The number of alkyl halides is 6. The van der Waals surface area contributed by atoms with E-state index in [1.807, 2.05) is 0 Å². The van der Waals surface area contributed by atoms with Crippen molar-refractivity contribution < 1.29 is 39.6 Å². The molecule has 0 aromatic rings. The fourth-order valence-corrected chi connectivity index (χ4v) is 9.03. The Morgan fingerprint density at radius 2 is 1.52 bits per heavy atom. The minimum atomic E-state index is -5.58. The van der Waals surface area contributed by atoms with E-state index in [-0.39, 0.29) is 25.0 Å². The fraction of sp³-hybridized carbons (Fsp3) is 1.00. The average molecular weight is 392 g/mol. The van der Waals surface area contributed by atoms with Gasteiger partial charge in [-0.05, 0) is 57.3 Å². The molecule has 1 aliphatic heterocycles. The molecule has 0 N–H and O–H groups in total. The van der Waals surface area contributed by atoms with E-state index in [0.717, 1.165) is 0 Å². The normalized spacial score (nSPS) is 36.5. The zero-order valence-electron chi connectivity index (χ0n) is 14.0. The van der Waals surface area contributed by atoms with E-state index in [4.69, 9.17) is 13.3 Å². The molecule has 0 amide bonds. The number of fused-ring (bicyclic) bond motifs is 1. The second kappa shape index (κ2) is 6.10. The molecule has 2 unspecified atom stereocenters. The minimum absolute atomic E-state index is 0.0451. The van der Waals surface area contributed by atoms with Gasteiger partial charge in [0.25, 0.3) is 5.60 Å². The first-order valence-corrected chi connectivity index (χ1v) is 10.4. The molecule has 3 aliphatic rings. The Labute approximate surface area is 143 Å². The highest BCUT2D eigenvalue weighted by atomic mass is 28.4. The molecule has 0 aromatic heterocycles. The van der Waals surface area contributed by atoms with Crippen molar-refractivity contribution in [1.29, 1.82) is 0 Å². The maximum Gasteiger partial charge on any atom is 0.505 e. The number of halogens is 6. The number of hydrogen-bond donors (Lipinski definition) is 0. The molecular formula is C15H22F6O3Si. The molecule has 0 spiro atoms. The molecule has 25 heavy (non-hydrogen) atoms. The van der Waals surface area contributed by atoms with E-state index in [9.17, 15) is 26.3 Å². The third-order valence-electron chi connectivity index (χ3n) is 5.88. The highest BCUT2D eigenvalue weighted by molar-refractivity contribution is 6.62. The standard InChI is InChI=1S/C15H22F6O3Si/c1-3-22-25(23-4-2)12-7-9-5-10(11(12)6-9)8-13(24-25,14(16,17)18)15(19,20)21/h9-12H,3-8H2,1-2H3/t9-,10?,11-,12?/m0/s1. The maximum absolute atomic E-state index is 13.8. The number of hydrogen-bond acceptors (Lipinski definition) is 3. The molecule has 3 fully saturated rings. The molecular weight excluding hydrogens is 370 g/mol. The van der Waals surface area contributed by atoms with Crippen LogP contribution in [0.3, 0.4) is 0 Å². The first-order chi connectivity index (χ1) is 11.5. The quantitative estimate of drug-likeness (QED) is 0.513. The van der Waals surface area contributed by atoms with Crippen molar-refractivity contribution in [3.8, 4) is 0 Å². The predicted octanol–water partition coefficient (Wildman–Crippen LogP) is 4.70. The van der Waals surface area contributed by atoms with Crippen LogP contribution < -0.4 is 0 Å². The molecule has 1 saturated heterocycles. The Bertz CT molecular complexity index is 488. The zero-order valence-corrected chi connectivity index (χ0v) is 15.0. The van der Waals surface area contributed by atoms with Crippen LogP contribution in [0.15, 0.2) is 0 Å². The van der Waals surface area contributed by atoms with Gasteiger partial charge in [0.15, 0.2) is 0 Å². The Morgan fingerprint density at radius 3 is 1.96 bits per heavy atom. The number of rotatable bonds is 4. The second-order valence-electron chi connectivity index (χ2n) is 7.20. The van der Waals surface area contributed by atoms with Gasteiger partial charge in [-0.3, -0.25) is 0 Å². The van der Waals surface area contributed by atoms with Crippen molar-refractivity contribution in [2.75, 3.05) is 13.2 Å². The summed E-state index contributed by atoms with van der Waals surface area (Å²) in [6.07, 6.45) is -10.7. The molecule has 4 atom stereocenters. The Hall–Kier alpha value is -0.323. The Kier molecular flexibility index (Phi) is 4.74. The lowest BCUT2D eigenvalue weighted by atomic mass is 9.79. The van der Waals surface area contributed by atoms with E-state index >= 15 is 0 Å². The molecule has 0 aromatic carbocycles. The van der Waals surface area contributed by atoms with Gasteiger partial charge in [-0.15, -0.1) is 0 Å². The predicted molar refractivity (Wildman–Crippen MR) is 77.6 cm³/mol. The van der Waals surface area contributed by atoms with Crippen molar-refractivity contribution in [3.05, 3.63) is 0 Å². The Balaban J connectivity index is 2.15. The fourth-order valence-electron chi connectivity index (χ4n) is 5.09. The van der Waals surface area contributed by atoms with Gasteiger partial charge in [0.2, 0.25) is 0 Å². The molecule has 2 saturated carbocycles. The van der Waals surface area contributed by atoms with Crippen LogP contribution >= 0.6 is 0 Å². The van der Waals surface area contributed by atoms with Gasteiger partial charge in [-0.25, -0.2) is 0 Å². The summed E-state index contributed by atoms with van der Waals surface area (Å²) < 4.78 is 98.6. The summed E-state index contributed by atoms with van der Waals surface area (Å²) >= 11 is 0. The van der Waals surface area contributed by atoms with E-state index in [1.54, 1.807) is 0 Å². The lowest BCUT2D eigenvalue weighted by Crippen LogP contribution is -2.65. The van der Waals surface area contributed by atoms with Crippen molar-refractivity contribution in [2.45, 2.75) is 63.0 Å². The smallest absolute Gasteiger partial charge is 0.374 e. The largest absolute Gasteiger partial charge is 0.505 e. The van der Waals surface area contributed by atoms with Gasteiger partial charge in [0.1, 0.15) is 0 Å². The summed E-state index contributed by atoms with van der Waals surface area (Å²) in [5.41, 5.74) is -4.70. The van der Waals surface area contributed by atoms with Crippen molar-refractivity contribution in [1.82, 2.24) is 0 Å². The Morgan fingerprint density at radius 1 is 0.960 bits per heavy atom. The highest BCUT2D eigenvalue weighted by Gasteiger charge is 2.79. The summed E-state index contributed by atoms with van der Waals surface area (Å²) in [7, 11) is -4.17. The lowest BCUT2D eigenvalue weighted by Gasteiger charge is -2.42. The summed E-state index contributed by atoms with van der Waals surface area (Å²) in [4.78, 5) is 0. The van der Waals surface area contributed by atoms with Crippen LogP contribution in [-0.2, 0) is 13.3 Å². The molecule has 10 heteroatoms. The first-order valence-electron chi connectivity index (χ1n) is 8.61. The molecule has 2 aliphatic carbocycles. The van der Waals surface area contributed by atoms with Crippen molar-refractivity contribution in [3.63, 3.8) is 0 Å². The monoisotopic (exact) mass is 392 g/mol. The van der Waals surface area contributed by atoms with E-state index in [2.05, 4.69) is 0 Å². The van der Waals surface area contributed by atoms with Crippen molar-refractivity contribution >= 4 is 8.80 Å². The first kappa shape index (κ1) is 19.4. The summed E-state index contributed by atoms with van der Waals surface area (Å²) in [5.74, 6) is -0.780. The second-order valence-corrected chi connectivity index (χ2v) is 9.93. The summed E-state index contributed by atoms with van der Waals surface area (Å²) in [6.45, 7) is 2.98. The molecule has 146 valence electrons. The van der Waals surface area contributed by atoms with E-state index in [1.165, 1.54) is 13.8 Å². The van der Waals surface area contributed by atoms with Crippen molar-refractivity contribution in [2.24, 2.45) is 17.8 Å². The third-order valence-corrected chi connectivity index (χ3v) is 9.47. The van der Waals surface area contributed by atoms with Gasteiger partial charge in [0, 0.05) is 18.8 Å². The van der Waals surface area contributed by atoms with Gasteiger partial charge >= 0.3 is 21.2 Å². The molecule has 1 heterocycles. The van der Waals surface area contributed by atoms with Crippen LogP contribution in [0, 0.1) is 17.8 Å². The van der Waals surface area contributed by atoms with E-state index in [0.29, 0.717) is 19.3 Å². The van der Waals surface area contributed by atoms with Crippen LogP contribution in [0.5, 0.6) is 0 Å². The molecule has 0 radical (unpaired) electrons. The maximum atomic E-state index is 13.8. The molecule has 3 nitrogen and oxygen atoms in total. The minimum Gasteiger partial charge on any atom is -0.374 e. The van der Waals surface area contributed by atoms with Gasteiger partial charge in [-0.2, -0.15) is 26.3 Å². The van der Waals surface area contributed by atoms with Crippen LogP contribution in [-0.4, -0.2) is 40.0 Å². The third kappa shape index (κ3) is 2.83. The lowest BCUT2D eigenvalue weighted by molar-refractivity contribution is -0.370. The average Bonchev–Trinajstić information content (AvgIpc) is 3.03. The molecule has 3 rings (SSSR count). The van der Waals surface area contributed by atoms with Gasteiger partial charge in [-0.1, -0.05) is 0 Å². The molecule has 2 bridgehead atoms. The zero-order chi connectivity index (χ0) is 18.7. The van der Waals surface area contributed by atoms with Crippen LogP contribution in [0.25, 0.3) is 0 Å². The summed E-state index contributed by atoms with van der Waals surface area (Å²) in [5, 5.41) is 0.